The van der Waals surface area contributed by atoms with Crippen LogP contribution in [0.1, 0.15) is 37.1 Å². The maximum atomic E-state index is 10.7. The molecule has 1 aromatic carbocycles. The average molecular weight is 260 g/mol. The number of aryl methyl sites for hydroxylation is 1. The molecule has 19 heavy (non-hydrogen) atoms. The smallest absolute Gasteiger partial charge is 0.217 e. The third kappa shape index (κ3) is 3.15. The molecule has 2 rings (SSSR count). The van der Waals surface area contributed by atoms with E-state index in [0.717, 1.165) is 29.7 Å². The number of fused-ring (bicyclic) bond motifs is 1. The first kappa shape index (κ1) is 13.6. The summed E-state index contributed by atoms with van der Waals surface area (Å²) in [6, 6.07) is 8.16. The molecule has 0 fully saturated rings. The Morgan fingerprint density at radius 3 is 2.84 bits per heavy atom. The largest absolute Gasteiger partial charge is 0.459 e. The lowest BCUT2D eigenvalue weighted by Gasteiger charge is -2.11. The van der Waals surface area contributed by atoms with Gasteiger partial charge in [0.15, 0.2) is 0 Å². The first-order chi connectivity index (χ1) is 9.09. The fourth-order valence-corrected chi connectivity index (χ4v) is 2.28. The van der Waals surface area contributed by atoms with Crippen LogP contribution in [0, 0.1) is 6.92 Å². The molecule has 102 valence electrons. The van der Waals surface area contributed by atoms with E-state index in [1.165, 1.54) is 5.56 Å². The SMILES string of the molecule is Cc1c(C(C)NCCCC(N)=O)oc2ccccc12. The highest BCUT2D eigenvalue weighted by molar-refractivity contribution is 5.82. The zero-order valence-electron chi connectivity index (χ0n) is 11.4. The van der Waals surface area contributed by atoms with Gasteiger partial charge < -0.3 is 15.5 Å². The zero-order chi connectivity index (χ0) is 13.8. The van der Waals surface area contributed by atoms with Crippen molar-refractivity contribution in [3.63, 3.8) is 0 Å². The number of primary amides is 1. The summed E-state index contributed by atoms with van der Waals surface area (Å²) in [4.78, 5) is 10.7. The summed E-state index contributed by atoms with van der Waals surface area (Å²) in [5, 5.41) is 4.51. The lowest BCUT2D eigenvalue weighted by Crippen LogP contribution is -2.21. The van der Waals surface area contributed by atoms with Crippen LogP contribution in [0.15, 0.2) is 28.7 Å². The summed E-state index contributed by atoms with van der Waals surface area (Å²) < 4.78 is 5.88. The average Bonchev–Trinajstić information content (AvgIpc) is 2.72. The topological polar surface area (TPSA) is 68.3 Å². The van der Waals surface area contributed by atoms with Gasteiger partial charge in [0, 0.05) is 11.8 Å². The highest BCUT2D eigenvalue weighted by Gasteiger charge is 2.15. The summed E-state index contributed by atoms with van der Waals surface area (Å²) in [5.41, 5.74) is 7.20. The number of nitrogens with one attached hydrogen (secondary N) is 1. The van der Waals surface area contributed by atoms with Crippen LogP contribution in [-0.2, 0) is 4.79 Å². The number of rotatable bonds is 6. The minimum absolute atomic E-state index is 0.125. The highest BCUT2D eigenvalue weighted by Crippen LogP contribution is 2.28. The van der Waals surface area contributed by atoms with E-state index < -0.39 is 0 Å². The van der Waals surface area contributed by atoms with E-state index in [9.17, 15) is 4.79 Å². The van der Waals surface area contributed by atoms with Crippen molar-refractivity contribution >= 4 is 16.9 Å². The van der Waals surface area contributed by atoms with E-state index >= 15 is 0 Å². The fraction of sp³-hybridized carbons (Fsp3) is 0.400. The predicted octanol–water partition coefficient (Wildman–Crippen LogP) is 2.66. The Morgan fingerprint density at radius 1 is 1.42 bits per heavy atom. The van der Waals surface area contributed by atoms with Gasteiger partial charge in [-0.1, -0.05) is 18.2 Å². The lowest BCUT2D eigenvalue weighted by molar-refractivity contribution is -0.118. The molecule has 3 N–H and O–H groups in total. The molecule has 2 aromatic rings. The summed E-state index contributed by atoms with van der Waals surface area (Å²) >= 11 is 0. The van der Waals surface area contributed by atoms with Crippen LogP contribution in [0.5, 0.6) is 0 Å². The first-order valence-corrected chi connectivity index (χ1v) is 6.59. The van der Waals surface area contributed by atoms with E-state index in [1.54, 1.807) is 0 Å². The second-order valence-electron chi connectivity index (χ2n) is 4.83. The van der Waals surface area contributed by atoms with Gasteiger partial charge in [0.25, 0.3) is 0 Å². The minimum Gasteiger partial charge on any atom is -0.459 e. The van der Waals surface area contributed by atoms with Gasteiger partial charge in [-0.25, -0.2) is 0 Å². The molecule has 1 unspecified atom stereocenters. The highest BCUT2D eigenvalue weighted by atomic mass is 16.3. The molecule has 0 spiro atoms. The molecule has 4 nitrogen and oxygen atoms in total. The summed E-state index contributed by atoms with van der Waals surface area (Å²) in [7, 11) is 0. The fourth-order valence-electron chi connectivity index (χ4n) is 2.28. The number of furan rings is 1. The number of benzene rings is 1. The number of para-hydroxylation sites is 1. The van der Waals surface area contributed by atoms with Gasteiger partial charge >= 0.3 is 0 Å². The number of hydrogen-bond donors (Lipinski definition) is 2. The van der Waals surface area contributed by atoms with Crippen LogP contribution in [0.4, 0.5) is 0 Å². The van der Waals surface area contributed by atoms with Gasteiger partial charge in [-0.05, 0) is 38.4 Å². The Kier molecular flexibility index (Phi) is 4.22. The Morgan fingerprint density at radius 2 is 2.16 bits per heavy atom. The van der Waals surface area contributed by atoms with Crippen molar-refractivity contribution in [3.8, 4) is 0 Å². The van der Waals surface area contributed by atoms with Gasteiger partial charge in [-0.3, -0.25) is 4.79 Å². The Hall–Kier alpha value is -1.81. The van der Waals surface area contributed by atoms with Crippen LogP contribution in [0.25, 0.3) is 11.0 Å². The van der Waals surface area contributed by atoms with E-state index in [0.29, 0.717) is 6.42 Å². The molecule has 0 aliphatic heterocycles. The second kappa shape index (κ2) is 5.89. The van der Waals surface area contributed by atoms with Crippen molar-refractivity contribution in [3.05, 3.63) is 35.6 Å². The molecule has 0 bridgehead atoms. The van der Waals surface area contributed by atoms with Crippen molar-refractivity contribution in [2.75, 3.05) is 6.54 Å². The minimum atomic E-state index is -0.255. The van der Waals surface area contributed by atoms with Crippen molar-refractivity contribution in [1.29, 1.82) is 0 Å². The lowest BCUT2D eigenvalue weighted by atomic mass is 10.1. The van der Waals surface area contributed by atoms with Gasteiger partial charge in [0.05, 0.1) is 6.04 Å². The molecular formula is C15H20N2O2. The Labute approximate surface area is 113 Å². The van der Waals surface area contributed by atoms with Gasteiger partial charge in [0.2, 0.25) is 5.91 Å². The number of nitrogens with two attached hydrogens (primary N) is 1. The molecule has 0 saturated heterocycles. The van der Waals surface area contributed by atoms with Crippen molar-refractivity contribution in [2.45, 2.75) is 32.7 Å². The Balaban J connectivity index is 2.03. The van der Waals surface area contributed by atoms with Gasteiger partial charge in [-0.2, -0.15) is 0 Å². The van der Waals surface area contributed by atoms with E-state index in [-0.39, 0.29) is 11.9 Å². The third-order valence-electron chi connectivity index (χ3n) is 3.32. The van der Waals surface area contributed by atoms with Crippen LogP contribution < -0.4 is 11.1 Å². The molecule has 0 saturated carbocycles. The van der Waals surface area contributed by atoms with Crippen molar-refractivity contribution < 1.29 is 9.21 Å². The number of carbonyl (C=O) groups is 1. The monoisotopic (exact) mass is 260 g/mol. The van der Waals surface area contributed by atoms with Crippen molar-refractivity contribution in [1.82, 2.24) is 5.32 Å². The van der Waals surface area contributed by atoms with Crippen LogP contribution in [-0.4, -0.2) is 12.5 Å². The molecule has 0 radical (unpaired) electrons. The second-order valence-corrected chi connectivity index (χ2v) is 4.83. The maximum absolute atomic E-state index is 10.7. The van der Waals surface area contributed by atoms with Gasteiger partial charge in [0.1, 0.15) is 11.3 Å². The molecule has 0 aliphatic rings. The molecular weight excluding hydrogens is 240 g/mol. The molecule has 1 atom stereocenters. The van der Waals surface area contributed by atoms with E-state index in [4.69, 9.17) is 10.2 Å². The summed E-state index contributed by atoms with van der Waals surface area (Å²) in [6.07, 6.45) is 1.16. The number of carbonyl (C=O) groups excluding carboxylic acids is 1. The van der Waals surface area contributed by atoms with Crippen LogP contribution in [0.3, 0.4) is 0 Å². The molecule has 1 heterocycles. The molecule has 4 heteroatoms. The molecule has 1 amide bonds. The number of hydrogen-bond acceptors (Lipinski definition) is 3. The van der Waals surface area contributed by atoms with Gasteiger partial charge in [-0.15, -0.1) is 0 Å². The van der Waals surface area contributed by atoms with E-state index in [2.05, 4.69) is 25.2 Å². The standard InChI is InChI=1S/C15H20N2O2/c1-10-12-6-3-4-7-13(12)19-15(10)11(2)17-9-5-8-14(16)18/h3-4,6-7,11,17H,5,8-9H2,1-2H3,(H2,16,18). The summed E-state index contributed by atoms with van der Waals surface area (Å²) in [5.74, 6) is 0.703. The van der Waals surface area contributed by atoms with Crippen LogP contribution >= 0.6 is 0 Å². The predicted molar refractivity (Wildman–Crippen MR) is 75.8 cm³/mol. The first-order valence-electron chi connectivity index (χ1n) is 6.59. The normalized spacial score (nSPS) is 12.7. The van der Waals surface area contributed by atoms with E-state index in [1.807, 2.05) is 18.2 Å². The Bertz CT molecular complexity index is 575. The quantitative estimate of drug-likeness (QED) is 0.784. The van der Waals surface area contributed by atoms with Crippen molar-refractivity contribution in [2.24, 2.45) is 5.73 Å². The summed E-state index contributed by atoms with van der Waals surface area (Å²) in [6.45, 7) is 4.89. The third-order valence-corrected chi connectivity index (χ3v) is 3.32. The zero-order valence-corrected chi connectivity index (χ0v) is 11.4. The molecule has 1 aromatic heterocycles. The maximum Gasteiger partial charge on any atom is 0.217 e. The number of amides is 1. The van der Waals surface area contributed by atoms with Crippen LogP contribution in [0.2, 0.25) is 0 Å². The molecule has 0 aliphatic carbocycles.